The lowest BCUT2D eigenvalue weighted by Gasteiger charge is -2.21. The van der Waals surface area contributed by atoms with Crippen molar-refractivity contribution in [2.75, 3.05) is 23.7 Å². The lowest BCUT2D eigenvalue weighted by Crippen LogP contribution is -2.29. The molecule has 1 aromatic carbocycles. The van der Waals surface area contributed by atoms with E-state index in [1.165, 1.54) is 12.1 Å². The molecule has 2 rings (SSSR count). The molecule has 0 aromatic heterocycles. The van der Waals surface area contributed by atoms with Crippen molar-refractivity contribution < 1.29 is 19.6 Å². The smallest absolute Gasteiger partial charge is 0.304 e. The number of nitro benzene ring substituents is 1. The number of amides is 1. The fourth-order valence-electron chi connectivity index (χ4n) is 2.02. The summed E-state index contributed by atoms with van der Waals surface area (Å²) in [6, 6.07) is 2.69. The van der Waals surface area contributed by atoms with Crippen LogP contribution in [0, 0.1) is 10.1 Å². The van der Waals surface area contributed by atoms with Gasteiger partial charge in [0.15, 0.2) is 0 Å². The zero-order chi connectivity index (χ0) is 15.4. The molecule has 0 unspecified atom stereocenters. The molecule has 0 fully saturated rings. The zero-order valence-corrected chi connectivity index (χ0v) is 11.0. The van der Waals surface area contributed by atoms with Crippen molar-refractivity contribution in [3.8, 4) is 0 Å². The van der Waals surface area contributed by atoms with E-state index < -0.39 is 10.9 Å². The summed E-state index contributed by atoms with van der Waals surface area (Å²) in [6.45, 7) is 0.603. The largest absolute Gasteiger partial charge is 0.481 e. The number of carbonyl (C=O) groups is 2. The van der Waals surface area contributed by atoms with Crippen molar-refractivity contribution in [3.63, 3.8) is 0 Å². The number of fused-ring (bicyclic) bond motifs is 1. The van der Waals surface area contributed by atoms with Crippen LogP contribution in [0.3, 0.4) is 0 Å². The summed E-state index contributed by atoms with van der Waals surface area (Å²) in [5.74, 6) is -1.19. The topological polar surface area (TPSA) is 134 Å². The Bertz CT molecular complexity index is 602. The van der Waals surface area contributed by atoms with Gasteiger partial charge in [0.1, 0.15) is 0 Å². The number of rotatable bonds is 6. The Morgan fingerprint density at radius 2 is 2.24 bits per heavy atom. The average Bonchev–Trinajstić information content (AvgIpc) is 2.42. The fraction of sp³-hybridized carbons (Fsp3) is 0.333. The molecule has 9 heteroatoms. The minimum atomic E-state index is -0.922. The Morgan fingerprint density at radius 1 is 1.48 bits per heavy atom. The molecule has 1 amide bonds. The van der Waals surface area contributed by atoms with Crippen molar-refractivity contribution >= 4 is 28.9 Å². The molecule has 0 saturated heterocycles. The highest BCUT2D eigenvalue weighted by atomic mass is 16.6. The second-order valence-corrected chi connectivity index (χ2v) is 4.51. The van der Waals surface area contributed by atoms with Crippen molar-refractivity contribution in [1.29, 1.82) is 0 Å². The summed E-state index contributed by atoms with van der Waals surface area (Å²) in [7, 11) is 0. The number of nitro groups is 1. The Balaban J connectivity index is 2.20. The van der Waals surface area contributed by atoms with Crippen molar-refractivity contribution in [2.24, 2.45) is 0 Å². The second kappa shape index (κ2) is 6.18. The molecule has 112 valence electrons. The van der Waals surface area contributed by atoms with E-state index in [1.54, 1.807) is 0 Å². The summed E-state index contributed by atoms with van der Waals surface area (Å²) in [6.07, 6.45) is -0.0404. The Hall–Kier alpha value is -2.68. The molecule has 0 bridgehead atoms. The van der Waals surface area contributed by atoms with Crippen LogP contribution >= 0.6 is 0 Å². The molecule has 4 N–H and O–H groups in total. The van der Waals surface area contributed by atoms with E-state index in [1.807, 2.05) is 0 Å². The summed E-state index contributed by atoms with van der Waals surface area (Å²) >= 11 is 0. The van der Waals surface area contributed by atoms with Gasteiger partial charge >= 0.3 is 5.97 Å². The van der Waals surface area contributed by atoms with E-state index in [0.29, 0.717) is 16.9 Å². The lowest BCUT2D eigenvalue weighted by atomic mass is 10.1. The van der Waals surface area contributed by atoms with Gasteiger partial charge in [-0.2, -0.15) is 0 Å². The number of hydrogen-bond acceptors (Lipinski definition) is 6. The average molecular weight is 294 g/mol. The first-order valence-corrected chi connectivity index (χ1v) is 6.25. The first-order valence-electron chi connectivity index (χ1n) is 6.25. The molecule has 0 radical (unpaired) electrons. The molecule has 1 aliphatic rings. The Kier molecular flexibility index (Phi) is 4.33. The molecular weight excluding hydrogens is 280 g/mol. The number of nitrogens with one attached hydrogen (secondary N) is 3. The standard InChI is InChI=1S/C12H14N4O5/c17-10-6-14-12-7(5-13-2-1-11(18)19)3-8(16(20)21)4-9(12)15-10/h3-4,13-14H,1-2,5-6H2,(H,15,17)(H,18,19). The number of benzene rings is 1. The van der Waals surface area contributed by atoms with E-state index in [-0.39, 0.29) is 37.6 Å². The van der Waals surface area contributed by atoms with Gasteiger partial charge in [-0.15, -0.1) is 0 Å². The van der Waals surface area contributed by atoms with Crippen molar-refractivity contribution in [3.05, 3.63) is 27.8 Å². The number of non-ortho nitro benzene ring substituents is 1. The predicted molar refractivity (Wildman–Crippen MR) is 74.2 cm³/mol. The number of carboxylic acids is 1. The van der Waals surface area contributed by atoms with Gasteiger partial charge in [0, 0.05) is 25.2 Å². The molecular formula is C12H14N4O5. The lowest BCUT2D eigenvalue weighted by molar-refractivity contribution is -0.384. The highest BCUT2D eigenvalue weighted by Gasteiger charge is 2.21. The molecule has 21 heavy (non-hydrogen) atoms. The van der Waals surface area contributed by atoms with Crippen LogP contribution < -0.4 is 16.0 Å². The first kappa shape index (κ1) is 14.7. The summed E-state index contributed by atoms with van der Waals surface area (Å²) in [4.78, 5) is 32.1. The minimum absolute atomic E-state index is 0.0404. The maximum absolute atomic E-state index is 11.3. The van der Waals surface area contributed by atoms with E-state index in [2.05, 4.69) is 16.0 Å². The first-order chi connectivity index (χ1) is 9.97. The zero-order valence-electron chi connectivity index (χ0n) is 11.0. The molecule has 0 aliphatic carbocycles. The quantitative estimate of drug-likeness (QED) is 0.341. The van der Waals surface area contributed by atoms with Crippen LogP contribution in [-0.4, -0.2) is 35.0 Å². The van der Waals surface area contributed by atoms with Gasteiger partial charge in [0.2, 0.25) is 5.91 Å². The Morgan fingerprint density at radius 3 is 2.90 bits per heavy atom. The molecule has 9 nitrogen and oxygen atoms in total. The highest BCUT2D eigenvalue weighted by Crippen LogP contribution is 2.33. The maximum Gasteiger partial charge on any atom is 0.304 e. The number of carbonyl (C=O) groups excluding carboxylic acids is 1. The van der Waals surface area contributed by atoms with Crippen molar-refractivity contribution in [1.82, 2.24) is 5.32 Å². The van der Waals surface area contributed by atoms with Crippen LogP contribution in [0.15, 0.2) is 12.1 Å². The van der Waals surface area contributed by atoms with Gasteiger partial charge in [0.25, 0.3) is 5.69 Å². The number of aliphatic carboxylic acids is 1. The van der Waals surface area contributed by atoms with E-state index in [4.69, 9.17) is 5.11 Å². The van der Waals surface area contributed by atoms with E-state index >= 15 is 0 Å². The fourth-order valence-corrected chi connectivity index (χ4v) is 2.02. The van der Waals surface area contributed by atoms with Crippen LogP contribution in [-0.2, 0) is 16.1 Å². The van der Waals surface area contributed by atoms with Gasteiger partial charge in [-0.3, -0.25) is 19.7 Å². The molecule has 1 heterocycles. The third-order valence-electron chi connectivity index (χ3n) is 2.95. The summed E-state index contributed by atoms with van der Waals surface area (Å²) in [5, 5.41) is 27.9. The third-order valence-corrected chi connectivity index (χ3v) is 2.95. The van der Waals surface area contributed by atoms with Crippen LogP contribution in [0.5, 0.6) is 0 Å². The van der Waals surface area contributed by atoms with Gasteiger partial charge in [-0.05, 0) is 5.56 Å². The van der Waals surface area contributed by atoms with Crippen LogP contribution in [0.4, 0.5) is 17.1 Å². The molecule has 0 atom stereocenters. The minimum Gasteiger partial charge on any atom is -0.481 e. The molecule has 1 aromatic rings. The SMILES string of the molecule is O=C(O)CCNCc1cc([N+](=O)[O-])cc2c1NCC(=O)N2. The highest BCUT2D eigenvalue weighted by molar-refractivity contribution is 6.01. The maximum atomic E-state index is 11.3. The van der Waals surface area contributed by atoms with Gasteiger partial charge < -0.3 is 21.1 Å². The summed E-state index contributed by atoms with van der Waals surface area (Å²) in [5.41, 5.74) is 1.44. The second-order valence-electron chi connectivity index (χ2n) is 4.51. The monoisotopic (exact) mass is 294 g/mol. The molecule has 0 saturated carbocycles. The normalized spacial score (nSPS) is 13.0. The van der Waals surface area contributed by atoms with Crippen molar-refractivity contribution in [2.45, 2.75) is 13.0 Å². The van der Waals surface area contributed by atoms with E-state index in [9.17, 15) is 19.7 Å². The van der Waals surface area contributed by atoms with E-state index in [0.717, 1.165) is 0 Å². The van der Waals surface area contributed by atoms with Gasteiger partial charge in [0.05, 0.1) is 29.3 Å². The van der Waals surface area contributed by atoms with Crippen LogP contribution in [0.25, 0.3) is 0 Å². The Labute approximate surface area is 119 Å². The third kappa shape index (κ3) is 3.66. The van der Waals surface area contributed by atoms with Crippen LogP contribution in [0.2, 0.25) is 0 Å². The number of anilines is 2. The number of carboxylic acid groups (broad SMARTS) is 1. The summed E-state index contributed by atoms with van der Waals surface area (Å²) < 4.78 is 0. The predicted octanol–water partition coefficient (Wildman–Crippen LogP) is 0.523. The number of hydrogen-bond donors (Lipinski definition) is 4. The number of nitrogens with zero attached hydrogens (tertiary/aromatic N) is 1. The molecule has 0 spiro atoms. The van der Waals surface area contributed by atoms with Gasteiger partial charge in [-0.1, -0.05) is 0 Å². The van der Waals surface area contributed by atoms with Gasteiger partial charge in [-0.25, -0.2) is 0 Å². The molecule has 1 aliphatic heterocycles. The van der Waals surface area contributed by atoms with Crippen LogP contribution in [0.1, 0.15) is 12.0 Å².